The Morgan fingerprint density at radius 2 is 2.04 bits per heavy atom. The minimum absolute atomic E-state index is 0.170. The van der Waals surface area contributed by atoms with Gasteiger partial charge in [0, 0.05) is 17.0 Å². The first-order chi connectivity index (χ1) is 11.5. The van der Waals surface area contributed by atoms with Crippen LogP contribution in [0.25, 0.3) is 0 Å². The Bertz CT molecular complexity index is 638. The number of amides is 1. The van der Waals surface area contributed by atoms with Gasteiger partial charge in [0.25, 0.3) is 11.6 Å². The van der Waals surface area contributed by atoms with Crippen molar-refractivity contribution in [2.75, 3.05) is 25.0 Å². The molecule has 1 amide bonds. The van der Waals surface area contributed by atoms with Crippen LogP contribution in [0.3, 0.4) is 0 Å². The molecule has 0 bridgehead atoms. The SMILES string of the molecule is O=C(C[NH+]1CC[C@@H]2CCCC[C@@H]2C1)Nc1ccc(Cl)cc1[N+](=O)[O-]. The van der Waals surface area contributed by atoms with Crippen LogP contribution < -0.4 is 10.2 Å². The number of likely N-dealkylation sites (tertiary alicyclic amines) is 1. The van der Waals surface area contributed by atoms with E-state index in [2.05, 4.69) is 5.32 Å². The number of fused-ring (bicyclic) bond motifs is 1. The molecule has 1 saturated heterocycles. The summed E-state index contributed by atoms with van der Waals surface area (Å²) in [5.41, 5.74) is 0.0400. The van der Waals surface area contributed by atoms with Gasteiger partial charge in [0.05, 0.1) is 18.0 Å². The second-order valence-electron chi connectivity index (χ2n) is 6.94. The first kappa shape index (κ1) is 17.2. The highest BCUT2D eigenvalue weighted by Crippen LogP contribution is 2.32. The number of quaternary nitrogens is 1. The lowest BCUT2D eigenvalue weighted by Gasteiger charge is -2.38. The topological polar surface area (TPSA) is 76.7 Å². The maximum atomic E-state index is 12.3. The van der Waals surface area contributed by atoms with Gasteiger partial charge in [-0.3, -0.25) is 14.9 Å². The van der Waals surface area contributed by atoms with Gasteiger partial charge in [0.2, 0.25) is 0 Å². The molecule has 24 heavy (non-hydrogen) atoms. The lowest BCUT2D eigenvalue weighted by atomic mass is 9.75. The number of nitro groups is 1. The average molecular weight is 353 g/mol. The van der Waals surface area contributed by atoms with Gasteiger partial charge in [0.1, 0.15) is 5.69 Å². The van der Waals surface area contributed by atoms with Crippen LogP contribution in [-0.4, -0.2) is 30.5 Å². The van der Waals surface area contributed by atoms with E-state index in [4.69, 9.17) is 11.6 Å². The van der Waals surface area contributed by atoms with Crippen LogP contribution in [0.2, 0.25) is 5.02 Å². The standard InChI is InChI=1S/C17H22ClN3O3/c18-14-5-6-15(16(9-14)21(23)24)19-17(22)11-20-8-7-12-3-1-2-4-13(12)10-20/h5-6,9,12-13H,1-4,7-8,10-11H2,(H,19,22)/p+1/t12-,13+/m0/s1. The Morgan fingerprint density at radius 1 is 1.29 bits per heavy atom. The molecule has 0 radical (unpaired) electrons. The Balaban J connectivity index is 1.59. The van der Waals surface area contributed by atoms with Crippen molar-refractivity contribution in [2.24, 2.45) is 11.8 Å². The Hall–Kier alpha value is -1.66. The molecule has 1 unspecified atom stereocenters. The van der Waals surface area contributed by atoms with E-state index in [0.29, 0.717) is 6.54 Å². The van der Waals surface area contributed by atoms with Crippen LogP contribution in [0, 0.1) is 22.0 Å². The normalized spacial score (nSPS) is 26.5. The van der Waals surface area contributed by atoms with E-state index in [1.807, 2.05) is 0 Å². The highest BCUT2D eigenvalue weighted by Gasteiger charge is 2.34. The van der Waals surface area contributed by atoms with E-state index in [1.54, 1.807) is 6.07 Å². The maximum Gasteiger partial charge on any atom is 0.294 e. The Kier molecular flexibility index (Phi) is 5.36. The quantitative estimate of drug-likeness (QED) is 0.644. The molecule has 1 saturated carbocycles. The molecule has 1 aliphatic heterocycles. The largest absolute Gasteiger partial charge is 0.327 e. The van der Waals surface area contributed by atoms with Gasteiger partial charge in [-0.15, -0.1) is 0 Å². The number of nitro benzene ring substituents is 1. The molecule has 0 aromatic heterocycles. The number of carbonyl (C=O) groups excluding carboxylic acids is 1. The Morgan fingerprint density at radius 3 is 2.79 bits per heavy atom. The summed E-state index contributed by atoms with van der Waals surface area (Å²) in [5, 5.41) is 14.1. The number of hydrogen-bond acceptors (Lipinski definition) is 3. The third-order valence-corrected chi connectivity index (χ3v) is 5.56. The summed E-state index contributed by atoms with van der Waals surface area (Å²) in [4.78, 5) is 24.2. The first-order valence-electron chi connectivity index (χ1n) is 8.60. The Labute approximate surface area is 146 Å². The smallest absolute Gasteiger partial charge is 0.294 e. The van der Waals surface area contributed by atoms with Gasteiger partial charge in [-0.1, -0.05) is 24.4 Å². The predicted octanol–water partition coefficient (Wildman–Crippen LogP) is 2.28. The van der Waals surface area contributed by atoms with Crippen LogP contribution in [-0.2, 0) is 4.79 Å². The van der Waals surface area contributed by atoms with Crippen molar-refractivity contribution < 1.29 is 14.6 Å². The van der Waals surface area contributed by atoms with Crippen LogP contribution >= 0.6 is 11.6 Å². The number of carbonyl (C=O) groups is 1. The molecule has 2 aliphatic rings. The summed E-state index contributed by atoms with van der Waals surface area (Å²) in [7, 11) is 0. The molecule has 130 valence electrons. The van der Waals surface area contributed by atoms with Crippen LogP contribution in [0.4, 0.5) is 11.4 Å². The summed E-state index contributed by atoms with van der Waals surface area (Å²) in [6.45, 7) is 2.42. The van der Waals surface area contributed by atoms with Gasteiger partial charge >= 0.3 is 0 Å². The summed E-state index contributed by atoms with van der Waals surface area (Å²) >= 11 is 5.80. The molecular formula is C17H23ClN3O3+. The number of nitrogens with one attached hydrogen (secondary N) is 2. The van der Waals surface area contributed by atoms with Gasteiger partial charge in [-0.2, -0.15) is 0 Å². The molecule has 6 nitrogen and oxygen atoms in total. The van der Waals surface area contributed by atoms with E-state index in [1.165, 1.54) is 49.1 Å². The van der Waals surface area contributed by atoms with Crippen molar-refractivity contribution >= 4 is 28.9 Å². The van der Waals surface area contributed by atoms with Crippen molar-refractivity contribution in [3.63, 3.8) is 0 Å². The number of benzene rings is 1. The van der Waals surface area contributed by atoms with Crippen molar-refractivity contribution in [1.82, 2.24) is 0 Å². The molecule has 2 N–H and O–H groups in total. The molecule has 2 fully saturated rings. The molecule has 3 rings (SSSR count). The molecule has 1 aromatic rings. The van der Waals surface area contributed by atoms with E-state index in [-0.39, 0.29) is 22.3 Å². The number of anilines is 1. The summed E-state index contributed by atoms with van der Waals surface area (Å²) in [5.74, 6) is 1.40. The predicted molar refractivity (Wildman–Crippen MR) is 92.4 cm³/mol. The monoisotopic (exact) mass is 352 g/mol. The second kappa shape index (κ2) is 7.49. The van der Waals surface area contributed by atoms with Crippen LogP contribution in [0.1, 0.15) is 32.1 Å². The minimum atomic E-state index is -0.526. The molecular weight excluding hydrogens is 330 g/mol. The van der Waals surface area contributed by atoms with Gasteiger partial charge in [-0.25, -0.2) is 0 Å². The zero-order valence-corrected chi connectivity index (χ0v) is 14.3. The fourth-order valence-electron chi connectivity index (χ4n) is 4.14. The van der Waals surface area contributed by atoms with Gasteiger partial charge in [-0.05, 0) is 37.3 Å². The lowest BCUT2D eigenvalue weighted by molar-refractivity contribution is -0.902. The van der Waals surface area contributed by atoms with Crippen molar-refractivity contribution in [1.29, 1.82) is 0 Å². The van der Waals surface area contributed by atoms with Crippen molar-refractivity contribution in [3.05, 3.63) is 33.3 Å². The van der Waals surface area contributed by atoms with Crippen molar-refractivity contribution in [3.8, 4) is 0 Å². The molecule has 0 spiro atoms. The maximum absolute atomic E-state index is 12.3. The second-order valence-corrected chi connectivity index (χ2v) is 7.38. The highest BCUT2D eigenvalue weighted by atomic mass is 35.5. The van der Waals surface area contributed by atoms with E-state index in [9.17, 15) is 14.9 Å². The molecule has 3 atom stereocenters. The fraction of sp³-hybridized carbons (Fsp3) is 0.588. The highest BCUT2D eigenvalue weighted by molar-refractivity contribution is 6.31. The summed E-state index contributed by atoms with van der Waals surface area (Å²) < 4.78 is 0. The van der Waals surface area contributed by atoms with Gasteiger partial charge in [0.15, 0.2) is 6.54 Å². The van der Waals surface area contributed by atoms with E-state index >= 15 is 0 Å². The minimum Gasteiger partial charge on any atom is -0.327 e. The van der Waals surface area contributed by atoms with Crippen LogP contribution in [0.15, 0.2) is 18.2 Å². The molecule has 1 aromatic carbocycles. The van der Waals surface area contributed by atoms with Crippen molar-refractivity contribution in [2.45, 2.75) is 32.1 Å². The average Bonchev–Trinajstić information content (AvgIpc) is 2.56. The third-order valence-electron chi connectivity index (χ3n) is 5.33. The molecule has 1 heterocycles. The summed E-state index contributed by atoms with van der Waals surface area (Å²) in [6.07, 6.45) is 6.45. The van der Waals surface area contributed by atoms with Gasteiger partial charge < -0.3 is 10.2 Å². The molecule has 7 heteroatoms. The number of piperidine rings is 1. The zero-order valence-electron chi connectivity index (χ0n) is 13.6. The molecule has 1 aliphatic carbocycles. The third kappa shape index (κ3) is 4.05. The lowest BCUT2D eigenvalue weighted by Crippen LogP contribution is -3.15. The number of nitrogens with zero attached hydrogens (tertiary/aromatic N) is 1. The number of hydrogen-bond donors (Lipinski definition) is 2. The van der Waals surface area contributed by atoms with E-state index < -0.39 is 4.92 Å². The fourth-order valence-corrected chi connectivity index (χ4v) is 4.31. The van der Waals surface area contributed by atoms with E-state index in [0.717, 1.165) is 24.9 Å². The number of halogens is 1. The van der Waals surface area contributed by atoms with Crippen LogP contribution in [0.5, 0.6) is 0 Å². The zero-order chi connectivity index (χ0) is 17.1. The number of rotatable bonds is 4. The summed E-state index contributed by atoms with van der Waals surface area (Å²) in [6, 6.07) is 4.29. The first-order valence-corrected chi connectivity index (χ1v) is 8.98.